The van der Waals surface area contributed by atoms with Crippen molar-refractivity contribution in [2.24, 2.45) is 0 Å². The van der Waals surface area contributed by atoms with E-state index in [0.29, 0.717) is 21.4 Å². The first-order valence-electron chi connectivity index (χ1n) is 5.81. The van der Waals surface area contributed by atoms with E-state index in [2.05, 4.69) is 15.9 Å². The average molecular weight is 374 g/mol. The van der Waals surface area contributed by atoms with Crippen molar-refractivity contribution in [3.8, 4) is 5.75 Å². The molecule has 20 heavy (non-hydrogen) atoms. The average Bonchev–Trinajstić information content (AvgIpc) is 2.37. The van der Waals surface area contributed by atoms with Gasteiger partial charge in [0.2, 0.25) is 0 Å². The summed E-state index contributed by atoms with van der Waals surface area (Å²) in [7, 11) is 1.58. The van der Waals surface area contributed by atoms with Crippen LogP contribution in [0.1, 0.15) is 15.9 Å². The fourth-order valence-corrected chi connectivity index (χ4v) is 2.81. The van der Waals surface area contributed by atoms with Gasteiger partial charge in [-0.2, -0.15) is 0 Å². The van der Waals surface area contributed by atoms with Gasteiger partial charge in [-0.15, -0.1) is 0 Å². The van der Waals surface area contributed by atoms with Crippen LogP contribution < -0.4 is 4.74 Å². The summed E-state index contributed by atoms with van der Waals surface area (Å²) in [6, 6.07) is 10.4. The molecule has 0 heterocycles. The number of ketones is 1. The quantitative estimate of drug-likeness (QED) is 0.689. The van der Waals surface area contributed by atoms with E-state index in [1.807, 2.05) is 18.2 Å². The molecule has 5 heteroatoms. The third kappa shape index (κ3) is 3.75. The van der Waals surface area contributed by atoms with Crippen molar-refractivity contribution in [1.82, 2.24) is 0 Å². The van der Waals surface area contributed by atoms with Gasteiger partial charge >= 0.3 is 0 Å². The number of benzene rings is 2. The number of halogens is 3. The molecule has 0 atom stereocenters. The Bertz CT molecular complexity index is 636. The number of hydrogen-bond acceptors (Lipinski definition) is 2. The Labute approximate surface area is 135 Å². The first-order chi connectivity index (χ1) is 9.49. The smallest absolute Gasteiger partial charge is 0.167 e. The zero-order chi connectivity index (χ0) is 14.7. The van der Waals surface area contributed by atoms with E-state index in [1.165, 1.54) is 0 Å². The van der Waals surface area contributed by atoms with E-state index in [4.69, 9.17) is 27.9 Å². The van der Waals surface area contributed by atoms with Crippen molar-refractivity contribution in [2.75, 3.05) is 7.11 Å². The second-order valence-electron chi connectivity index (χ2n) is 4.21. The van der Waals surface area contributed by atoms with Crippen LogP contribution in [0.2, 0.25) is 10.0 Å². The van der Waals surface area contributed by atoms with E-state index >= 15 is 0 Å². The number of ether oxygens (including phenoxy) is 1. The van der Waals surface area contributed by atoms with Crippen molar-refractivity contribution in [3.63, 3.8) is 0 Å². The lowest BCUT2D eigenvalue weighted by Crippen LogP contribution is -2.05. The van der Waals surface area contributed by atoms with Crippen LogP contribution in [0.3, 0.4) is 0 Å². The van der Waals surface area contributed by atoms with Gasteiger partial charge < -0.3 is 4.74 Å². The molecule has 0 aliphatic heterocycles. The van der Waals surface area contributed by atoms with Crippen molar-refractivity contribution >= 4 is 44.9 Å². The zero-order valence-electron chi connectivity index (χ0n) is 10.6. The first kappa shape index (κ1) is 15.4. The Kier molecular flexibility index (Phi) is 5.08. The van der Waals surface area contributed by atoms with Crippen molar-refractivity contribution < 1.29 is 9.53 Å². The monoisotopic (exact) mass is 372 g/mol. The molecule has 2 nitrogen and oxygen atoms in total. The predicted octanol–water partition coefficient (Wildman–Crippen LogP) is 5.19. The summed E-state index contributed by atoms with van der Waals surface area (Å²) in [6.07, 6.45) is 0.222. The maximum atomic E-state index is 12.3. The zero-order valence-corrected chi connectivity index (χ0v) is 13.7. The molecule has 0 aliphatic carbocycles. The lowest BCUT2D eigenvalue weighted by Gasteiger charge is -2.09. The maximum Gasteiger partial charge on any atom is 0.167 e. The Balaban J connectivity index is 2.29. The SMILES string of the molecule is COc1ccc(Br)cc1CC(=O)c1cc(Cl)cc(Cl)c1. The summed E-state index contributed by atoms with van der Waals surface area (Å²) in [6.45, 7) is 0. The van der Waals surface area contributed by atoms with Crippen LogP contribution in [0.4, 0.5) is 0 Å². The summed E-state index contributed by atoms with van der Waals surface area (Å²) in [5.41, 5.74) is 1.30. The molecule has 0 aliphatic rings. The highest BCUT2D eigenvalue weighted by Crippen LogP contribution is 2.26. The highest BCUT2D eigenvalue weighted by molar-refractivity contribution is 9.10. The summed E-state index contributed by atoms with van der Waals surface area (Å²) < 4.78 is 6.15. The summed E-state index contributed by atoms with van der Waals surface area (Å²) in [5.74, 6) is 0.612. The van der Waals surface area contributed by atoms with Crippen LogP contribution in [-0.2, 0) is 6.42 Å². The second-order valence-corrected chi connectivity index (χ2v) is 6.00. The van der Waals surface area contributed by atoms with Crippen molar-refractivity contribution in [1.29, 1.82) is 0 Å². The lowest BCUT2D eigenvalue weighted by molar-refractivity contribution is 0.0992. The molecule has 0 aromatic heterocycles. The van der Waals surface area contributed by atoms with E-state index in [-0.39, 0.29) is 12.2 Å². The number of carbonyl (C=O) groups excluding carboxylic acids is 1. The van der Waals surface area contributed by atoms with Gasteiger partial charge in [-0.25, -0.2) is 0 Å². The van der Waals surface area contributed by atoms with Gasteiger partial charge in [-0.05, 0) is 36.4 Å². The van der Waals surface area contributed by atoms with E-state index in [0.717, 1.165) is 10.0 Å². The Hall–Kier alpha value is -1.03. The minimum atomic E-state index is -0.0641. The number of hydrogen-bond donors (Lipinski definition) is 0. The minimum absolute atomic E-state index is 0.0641. The van der Waals surface area contributed by atoms with Gasteiger partial charge in [0.25, 0.3) is 0 Å². The lowest BCUT2D eigenvalue weighted by atomic mass is 10.0. The molecular formula is C15H11BrCl2O2. The van der Waals surface area contributed by atoms with E-state index < -0.39 is 0 Å². The molecule has 0 radical (unpaired) electrons. The van der Waals surface area contributed by atoms with Gasteiger partial charge in [0.05, 0.1) is 7.11 Å². The molecule has 104 valence electrons. The van der Waals surface area contributed by atoms with Crippen LogP contribution in [0.25, 0.3) is 0 Å². The Morgan fingerprint density at radius 3 is 2.40 bits per heavy atom. The fourth-order valence-electron chi connectivity index (χ4n) is 1.88. The first-order valence-corrected chi connectivity index (χ1v) is 7.36. The molecule has 2 aromatic carbocycles. The van der Waals surface area contributed by atoms with Crippen LogP contribution >= 0.6 is 39.1 Å². The molecule has 0 fully saturated rings. The van der Waals surface area contributed by atoms with Gasteiger partial charge in [0, 0.05) is 32.1 Å². The summed E-state index contributed by atoms with van der Waals surface area (Å²) in [4.78, 5) is 12.3. The highest BCUT2D eigenvalue weighted by Gasteiger charge is 2.12. The van der Waals surface area contributed by atoms with Gasteiger partial charge in [-0.3, -0.25) is 4.79 Å². The van der Waals surface area contributed by atoms with Gasteiger partial charge in [0.1, 0.15) is 5.75 Å². The minimum Gasteiger partial charge on any atom is -0.496 e. The predicted molar refractivity (Wildman–Crippen MR) is 85.2 cm³/mol. The van der Waals surface area contributed by atoms with E-state index in [1.54, 1.807) is 25.3 Å². The number of rotatable bonds is 4. The molecule has 0 unspecified atom stereocenters. The molecule has 0 saturated carbocycles. The Morgan fingerprint density at radius 1 is 1.15 bits per heavy atom. The van der Waals surface area contributed by atoms with Crippen LogP contribution in [0, 0.1) is 0 Å². The van der Waals surface area contributed by atoms with Crippen LogP contribution in [0.5, 0.6) is 5.75 Å². The number of carbonyl (C=O) groups is 1. The van der Waals surface area contributed by atoms with Gasteiger partial charge in [-0.1, -0.05) is 39.1 Å². The van der Waals surface area contributed by atoms with E-state index in [9.17, 15) is 4.79 Å². The Morgan fingerprint density at radius 2 is 1.80 bits per heavy atom. The molecule has 0 N–H and O–H groups in total. The third-order valence-corrected chi connectivity index (χ3v) is 3.71. The summed E-state index contributed by atoms with van der Waals surface area (Å²) >= 11 is 15.2. The maximum absolute atomic E-state index is 12.3. The number of methoxy groups -OCH3 is 1. The molecular weight excluding hydrogens is 363 g/mol. The molecule has 0 saturated heterocycles. The fraction of sp³-hybridized carbons (Fsp3) is 0.133. The summed E-state index contributed by atoms with van der Waals surface area (Å²) in [5, 5.41) is 0.893. The van der Waals surface area contributed by atoms with Crippen LogP contribution in [0.15, 0.2) is 40.9 Å². The van der Waals surface area contributed by atoms with Gasteiger partial charge in [0.15, 0.2) is 5.78 Å². The van der Waals surface area contributed by atoms with Crippen molar-refractivity contribution in [3.05, 3.63) is 62.0 Å². The second kappa shape index (κ2) is 6.61. The molecule has 0 bridgehead atoms. The largest absolute Gasteiger partial charge is 0.496 e. The standard InChI is InChI=1S/C15H11BrCl2O2/c1-20-15-3-2-11(16)4-10(15)7-14(19)9-5-12(17)8-13(18)6-9/h2-6,8H,7H2,1H3. The molecule has 0 spiro atoms. The molecule has 0 amide bonds. The van der Waals surface area contributed by atoms with Crippen LogP contribution in [-0.4, -0.2) is 12.9 Å². The molecule has 2 rings (SSSR count). The number of Topliss-reactive ketones (excluding diaryl/α,β-unsaturated/α-hetero) is 1. The highest BCUT2D eigenvalue weighted by atomic mass is 79.9. The molecule has 2 aromatic rings. The third-order valence-electron chi connectivity index (χ3n) is 2.78. The topological polar surface area (TPSA) is 26.3 Å². The van der Waals surface area contributed by atoms with Crippen molar-refractivity contribution in [2.45, 2.75) is 6.42 Å². The normalized spacial score (nSPS) is 10.4.